The number of hydrogen-bond donors (Lipinski definition) is 2. The zero-order chi connectivity index (χ0) is 13.5. The molecule has 0 spiro atoms. The number of halogens is 2. The number of hydrogen-bond acceptors (Lipinski definition) is 3. The van der Waals surface area contributed by atoms with Crippen LogP contribution in [0, 0.1) is 17.6 Å². The molecular weight excluding hydrogens is 266 g/mol. The molecule has 1 aromatic rings. The smallest absolute Gasteiger partial charge is 0.238 e. The van der Waals surface area contributed by atoms with Crippen molar-refractivity contribution in [1.29, 1.82) is 0 Å². The van der Waals surface area contributed by atoms with Crippen LogP contribution in [0.15, 0.2) is 17.0 Å². The molecule has 18 heavy (non-hydrogen) atoms. The van der Waals surface area contributed by atoms with Gasteiger partial charge in [0.25, 0.3) is 0 Å². The Morgan fingerprint density at radius 3 is 2.17 bits per heavy atom. The molecular formula is C10H10F2N2O3S. The van der Waals surface area contributed by atoms with Crippen LogP contribution in [0.2, 0.25) is 0 Å². The van der Waals surface area contributed by atoms with Gasteiger partial charge in [-0.15, -0.1) is 0 Å². The number of amides is 1. The predicted octanol–water partition coefficient (Wildman–Crippen LogP) is 0.961. The minimum atomic E-state index is -4.19. The van der Waals surface area contributed by atoms with E-state index in [-0.39, 0.29) is 5.92 Å². The maximum Gasteiger partial charge on any atom is 0.238 e. The van der Waals surface area contributed by atoms with Gasteiger partial charge in [0.15, 0.2) is 11.6 Å². The van der Waals surface area contributed by atoms with E-state index in [0.717, 1.165) is 0 Å². The largest absolute Gasteiger partial charge is 0.321 e. The summed E-state index contributed by atoms with van der Waals surface area (Å²) in [7, 11) is -4.19. The van der Waals surface area contributed by atoms with Gasteiger partial charge in [-0.2, -0.15) is 0 Å². The molecule has 0 aliphatic heterocycles. The number of rotatable bonds is 3. The number of primary sulfonamides is 1. The van der Waals surface area contributed by atoms with E-state index in [9.17, 15) is 22.0 Å². The Morgan fingerprint density at radius 1 is 1.28 bits per heavy atom. The van der Waals surface area contributed by atoms with Gasteiger partial charge in [-0.1, -0.05) is 0 Å². The molecule has 0 bridgehead atoms. The van der Waals surface area contributed by atoms with Crippen molar-refractivity contribution >= 4 is 21.6 Å². The Kier molecular flexibility index (Phi) is 3.07. The molecule has 0 radical (unpaired) electrons. The molecule has 5 nitrogen and oxygen atoms in total. The fourth-order valence-electron chi connectivity index (χ4n) is 1.40. The highest BCUT2D eigenvalue weighted by atomic mass is 32.2. The van der Waals surface area contributed by atoms with Crippen molar-refractivity contribution in [1.82, 2.24) is 0 Å². The van der Waals surface area contributed by atoms with Gasteiger partial charge in [-0.25, -0.2) is 22.3 Å². The second-order valence-corrected chi connectivity index (χ2v) is 5.63. The van der Waals surface area contributed by atoms with Gasteiger partial charge in [0.2, 0.25) is 15.9 Å². The van der Waals surface area contributed by atoms with E-state index in [0.29, 0.717) is 25.0 Å². The fraction of sp³-hybridized carbons (Fsp3) is 0.300. The van der Waals surface area contributed by atoms with E-state index in [4.69, 9.17) is 5.14 Å². The highest BCUT2D eigenvalue weighted by Gasteiger charge is 2.31. The summed E-state index contributed by atoms with van der Waals surface area (Å²) < 4.78 is 48.9. The predicted molar refractivity (Wildman–Crippen MR) is 59.1 cm³/mol. The lowest BCUT2D eigenvalue weighted by molar-refractivity contribution is -0.117. The first-order valence-electron chi connectivity index (χ1n) is 5.12. The average Bonchev–Trinajstić information content (AvgIpc) is 3.04. The van der Waals surface area contributed by atoms with Crippen LogP contribution in [-0.2, 0) is 14.8 Å². The average molecular weight is 276 g/mol. The molecule has 0 unspecified atom stereocenters. The molecule has 1 aliphatic rings. The molecule has 3 N–H and O–H groups in total. The molecule has 0 saturated heterocycles. The van der Waals surface area contributed by atoms with Crippen LogP contribution in [-0.4, -0.2) is 14.3 Å². The summed E-state index contributed by atoms with van der Waals surface area (Å²) in [4.78, 5) is 10.7. The maximum atomic E-state index is 13.5. The second kappa shape index (κ2) is 4.29. The lowest BCUT2D eigenvalue weighted by Crippen LogP contribution is -2.17. The fourth-order valence-corrected chi connectivity index (χ4v) is 1.94. The first kappa shape index (κ1) is 12.9. The van der Waals surface area contributed by atoms with Gasteiger partial charge in [-0.3, -0.25) is 4.79 Å². The van der Waals surface area contributed by atoms with Crippen LogP contribution < -0.4 is 10.5 Å². The number of carbonyl (C=O) groups excluding carboxylic acids is 1. The molecule has 1 aromatic carbocycles. The van der Waals surface area contributed by atoms with Crippen molar-refractivity contribution in [3.05, 3.63) is 23.8 Å². The quantitative estimate of drug-likeness (QED) is 0.861. The minimum absolute atomic E-state index is 0.221. The van der Waals surface area contributed by atoms with Gasteiger partial charge >= 0.3 is 0 Å². The number of benzene rings is 1. The normalized spacial score (nSPS) is 15.5. The number of nitrogens with two attached hydrogens (primary N) is 1. The summed E-state index contributed by atoms with van der Waals surface area (Å²) >= 11 is 0. The van der Waals surface area contributed by atoms with Crippen LogP contribution >= 0.6 is 0 Å². The number of sulfonamides is 1. The zero-order valence-corrected chi connectivity index (χ0v) is 9.93. The molecule has 0 aromatic heterocycles. The molecule has 2 rings (SSSR count). The molecule has 98 valence electrons. The lowest BCUT2D eigenvalue weighted by atomic mass is 10.2. The van der Waals surface area contributed by atoms with E-state index < -0.39 is 38.1 Å². The number of nitrogens with one attached hydrogen (secondary N) is 1. The maximum absolute atomic E-state index is 13.5. The van der Waals surface area contributed by atoms with E-state index in [1.165, 1.54) is 0 Å². The Bertz CT molecular complexity index is 589. The van der Waals surface area contributed by atoms with Gasteiger partial charge in [0, 0.05) is 5.92 Å². The molecule has 1 fully saturated rings. The summed E-state index contributed by atoms with van der Waals surface area (Å²) in [5, 5.41) is 6.85. The van der Waals surface area contributed by atoms with Crippen LogP contribution in [0.25, 0.3) is 0 Å². The lowest BCUT2D eigenvalue weighted by Gasteiger charge is -2.08. The highest BCUT2D eigenvalue weighted by molar-refractivity contribution is 7.89. The van der Waals surface area contributed by atoms with Crippen molar-refractivity contribution in [2.75, 3.05) is 5.32 Å². The van der Waals surface area contributed by atoms with Crippen molar-refractivity contribution < 1.29 is 22.0 Å². The van der Waals surface area contributed by atoms with Crippen molar-refractivity contribution in [2.45, 2.75) is 17.7 Å². The zero-order valence-electron chi connectivity index (χ0n) is 9.11. The Hall–Kier alpha value is -1.54. The van der Waals surface area contributed by atoms with Gasteiger partial charge in [0.05, 0.1) is 4.90 Å². The summed E-state index contributed by atoms with van der Waals surface area (Å²) in [6.07, 6.45) is 1.37. The van der Waals surface area contributed by atoms with Crippen LogP contribution in [0.1, 0.15) is 12.8 Å². The third-order valence-electron chi connectivity index (χ3n) is 2.54. The van der Waals surface area contributed by atoms with E-state index in [1.807, 2.05) is 0 Å². The Labute approximate surface area is 102 Å². The number of anilines is 1. The first-order chi connectivity index (χ1) is 8.29. The van der Waals surface area contributed by atoms with Gasteiger partial charge in [-0.05, 0) is 25.0 Å². The first-order valence-corrected chi connectivity index (χ1v) is 6.66. The molecule has 0 atom stereocenters. The summed E-state index contributed by atoms with van der Waals surface area (Å²) in [5.74, 6) is -3.04. The van der Waals surface area contributed by atoms with Crippen LogP contribution in [0.3, 0.4) is 0 Å². The summed E-state index contributed by atoms with van der Waals surface area (Å²) in [6.45, 7) is 0. The summed E-state index contributed by atoms with van der Waals surface area (Å²) in [5.41, 5.74) is -0.653. The van der Waals surface area contributed by atoms with Crippen molar-refractivity contribution in [3.63, 3.8) is 0 Å². The molecule has 1 amide bonds. The topological polar surface area (TPSA) is 89.3 Å². The van der Waals surface area contributed by atoms with E-state index in [1.54, 1.807) is 0 Å². The Morgan fingerprint density at radius 2 is 1.78 bits per heavy atom. The molecule has 1 saturated carbocycles. The highest BCUT2D eigenvalue weighted by Crippen LogP contribution is 2.31. The summed E-state index contributed by atoms with van der Waals surface area (Å²) in [6, 6.07) is 1.14. The van der Waals surface area contributed by atoms with Gasteiger partial charge in [0.1, 0.15) is 5.69 Å². The number of carbonyl (C=O) groups is 1. The Balaban J connectivity index is 2.34. The molecule has 1 aliphatic carbocycles. The van der Waals surface area contributed by atoms with Crippen molar-refractivity contribution in [2.24, 2.45) is 11.1 Å². The van der Waals surface area contributed by atoms with E-state index >= 15 is 0 Å². The minimum Gasteiger partial charge on any atom is -0.321 e. The third-order valence-corrected chi connectivity index (χ3v) is 3.43. The SMILES string of the molecule is NS(=O)(=O)c1cc(F)c(NC(=O)C2CC2)c(F)c1. The standard InChI is InChI=1S/C10H10F2N2O3S/c11-7-3-6(18(13,16)17)4-8(12)9(7)14-10(15)5-1-2-5/h3-5H,1-2H2,(H,14,15)(H2,13,16,17). The van der Waals surface area contributed by atoms with Crippen LogP contribution in [0.5, 0.6) is 0 Å². The third kappa shape index (κ3) is 2.65. The van der Waals surface area contributed by atoms with Gasteiger partial charge < -0.3 is 5.32 Å². The molecule has 8 heteroatoms. The van der Waals surface area contributed by atoms with Crippen molar-refractivity contribution in [3.8, 4) is 0 Å². The van der Waals surface area contributed by atoms with E-state index in [2.05, 4.69) is 5.32 Å². The molecule has 0 heterocycles. The second-order valence-electron chi connectivity index (χ2n) is 4.07. The van der Waals surface area contributed by atoms with Crippen LogP contribution in [0.4, 0.5) is 14.5 Å². The monoisotopic (exact) mass is 276 g/mol.